The van der Waals surface area contributed by atoms with Crippen LogP contribution in [0, 0.1) is 5.82 Å². The van der Waals surface area contributed by atoms with Crippen LogP contribution in [0.2, 0.25) is 0 Å². The third-order valence-electron chi connectivity index (χ3n) is 3.49. The van der Waals surface area contributed by atoms with E-state index in [-0.39, 0.29) is 11.7 Å². The molecule has 0 fully saturated rings. The van der Waals surface area contributed by atoms with Gasteiger partial charge < -0.3 is 9.64 Å². The molecule has 0 radical (unpaired) electrons. The molecule has 0 N–H and O–H groups in total. The number of carbonyl (C=O) groups is 1. The number of hydrogen-bond donors (Lipinski definition) is 0. The molecule has 0 spiro atoms. The zero-order valence-electron chi connectivity index (χ0n) is 11.1. The topological polar surface area (TPSA) is 29.5 Å². The zero-order chi connectivity index (χ0) is 14.1. The predicted molar refractivity (Wildman–Crippen MR) is 75.7 cm³/mol. The molecule has 5 heteroatoms. The SMILES string of the molecule is COc1ccc(C(=O)N2CCc3sccc3C2)cc1F. The molecular formula is C15H14FNO2S. The first kappa shape index (κ1) is 13.1. The fourth-order valence-electron chi connectivity index (χ4n) is 2.40. The number of methoxy groups -OCH3 is 1. The van der Waals surface area contributed by atoms with Crippen molar-refractivity contribution in [1.29, 1.82) is 0 Å². The van der Waals surface area contributed by atoms with E-state index in [1.165, 1.54) is 29.7 Å². The van der Waals surface area contributed by atoms with E-state index < -0.39 is 5.82 Å². The number of fused-ring (bicyclic) bond motifs is 1. The molecule has 1 aliphatic heterocycles. The van der Waals surface area contributed by atoms with E-state index in [0.29, 0.717) is 18.7 Å². The summed E-state index contributed by atoms with van der Waals surface area (Å²) in [4.78, 5) is 15.5. The van der Waals surface area contributed by atoms with Gasteiger partial charge in [0.15, 0.2) is 11.6 Å². The number of carbonyl (C=O) groups excluding carboxylic acids is 1. The second kappa shape index (κ2) is 5.25. The minimum atomic E-state index is -0.508. The van der Waals surface area contributed by atoms with Gasteiger partial charge in [0.2, 0.25) is 0 Å². The molecule has 1 aliphatic rings. The molecule has 3 rings (SSSR count). The van der Waals surface area contributed by atoms with Gasteiger partial charge in [-0.1, -0.05) is 0 Å². The van der Waals surface area contributed by atoms with Gasteiger partial charge in [0.1, 0.15) is 0 Å². The fraction of sp³-hybridized carbons (Fsp3) is 0.267. The summed E-state index contributed by atoms with van der Waals surface area (Å²) < 4.78 is 18.5. The Balaban J connectivity index is 1.81. The Kier molecular flexibility index (Phi) is 3.44. The molecule has 2 heterocycles. The molecule has 0 bridgehead atoms. The summed E-state index contributed by atoms with van der Waals surface area (Å²) >= 11 is 1.73. The van der Waals surface area contributed by atoms with Crippen molar-refractivity contribution >= 4 is 17.2 Å². The second-order valence-corrected chi connectivity index (χ2v) is 5.70. The summed E-state index contributed by atoms with van der Waals surface area (Å²) in [6.45, 7) is 1.28. The van der Waals surface area contributed by atoms with E-state index in [1.54, 1.807) is 22.3 Å². The summed E-state index contributed by atoms with van der Waals surface area (Å²) in [5, 5.41) is 2.05. The maximum Gasteiger partial charge on any atom is 0.254 e. The van der Waals surface area contributed by atoms with Gasteiger partial charge in [-0.15, -0.1) is 11.3 Å². The second-order valence-electron chi connectivity index (χ2n) is 4.70. The third-order valence-corrected chi connectivity index (χ3v) is 4.52. The maximum atomic E-state index is 13.7. The summed E-state index contributed by atoms with van der Waals surface area (Å²) in [5.41, 5.74) is 1.56. The lowest BCUT2D eigenvalue weighted by atomic mass is 10.1. The highest BCUT2D eigenvalue weighted by molar-refractivity contribution is 7.10. The average Bonchev–Trinajstić information content (AvgIpc) is 2.93. The summed E-state index contributed by atoms with van der Waals surface area (Å²) in [6.07, 6.45) is 0.872. The minimum absolute atomic E-state index is 0.136. The number of benzene rings is 1. The van der Waals surface area contributed by atoms with E-state index >= 15 is 0 Å². The Morgan fingerprint density at radius 3 is 3.00 bits per heavy atom. The van der Waals surface area contributed by atoms with Crippen LogP contribution in [0.25, 0.3) is 0 Å². The van der Waals surface area contributed by atoms with E-state index in [4.69, 9.17) is 4.74 Å². The van der Waals surface area contributed by atoms with E-state index in [9.17, 15) is 9.18 Å². The molecule has 1 amide bonds. The summed E-state index contributed by atoms with van der Waals surface area (Å²) in [5.74, 6) is -0.490. The van der Waals surface area contributed by atoms with Crippen LogP contribution in [0.15, 0.2) is 29.6 Å². The van der Waals surface area contributed by atoms with Gasteiger partial charge >= 0.3 is 0 Å². The monoisotopic (exact) mass is 291 g/mol. The number of amides is 1. The van der Waals surface area contributed by atoms with Crippen LogP contribution in [0.3, 0.4) is 0 Å². The van der Waals surface area contributed by atoms with Gasteiger partial charge in [-0.3, -0.25) is 4.79 Å². The van der Waals surface area contributed by atoms with Crippen molar-refractivity contribution in [2.24, 2.45) is 0 Å². The molecule has 0 saturated heterocycles. The molecule has 20 heavy (non-hydrogen) atoms. The molecule has 1 aromatic carbocycles. The highest BCUT2D eigenvalue weighted by atomic mass is 32.1. The van der Waals surface area contributed by atoms with Gasteiger partial charge in [0.05, 0.1) is 7.11 Å². The van der Waals surface area contributed by atoms with E-state index in [0.717, 1.165) is 6.42 Å². The Morgan fingerprint density at radius 1 is 1.40 bits per heavy atom. The highest BCUT2D eigenvalue weighted by Gasteiger charge is 2.23. The standard InChI is InChI=1S/C15H14FNO2S/c1-19-13-3-2-10(8-12(13)16)15(18)17-6-4-14-11(9-17)5-7-20-14/h2-3,5,7-8H,4,6,9H2,1H3. The van der Waals surface area contributed by atoms with Crippen LogP contribution in [0.4, 0.5) is 4.39 Å². The van der Waals surface area contributed by atoms with Gasteiger partial charge in [0.25, 0.3) is 5.91 Å². The van der Waals surface area contributed by atoms with Crippen molar-refractivity contribution in [2.75, 3.05) is 13.7 Å². The van der Waals surface area contributed by atoms with Crippen LogP contribution < -0.4 is 4.74 Å². The third kappa shape index (κ3) is 2.29. The molecule has 104 valence electrons. The Hall–Kier alpha value is -1.88. The number of nitrogens with zero attached hydrogens (tertiary/aromatic N) is 1. The predicted octanol–water partition coefficient (Wildman–Crippen LogP) is 3.09. The minimum Gasteiger partial charge on any atom is -0.494 e. The lowest BCUT2D eigenvalue weighted by molar-refractivity contribution is 0.0735. The zero-order valence-corrected chi connectivity index (χ0v) is 11.9. The van der Waals surface area contributed by atoms with Crippen LogP contribution in [0.1, 0.15) is 20.8 Å². The molecule has 0 saturated carbocycles. The van der Waals surface area contributed by atoms with Crippen molar-refractivity contribution in [3.63, 3.8) is 0 Å². The molecule has 0 unspecified atom stereocenters. The van der Waals surface area contributed by atoms with Gasteiger partial charge in [-0.2, -0.15) is 0 Å². The molecule has 1 aromatic heterocycles. The van der Waals surface area contributed by atoms with Gasteiger partial charge in [-0.05, 0) is 41.6 Å². The first-order valence-corrected chi connectivity index (χ1v) is 7.25. The van der Waals surface area contributed by atoms with Gasteiger partial charge in [0, 0.05) is 23.5 Å². The lowest BCUT2D eigenvalue weighted by Gasteiger charge is -2.27. The number of hydrogen-bond acceptors (Lipinski definition) is 3. The summed E-state index contributed by atoms with van der Waals surface area (Å²) in [6, 6.07) is 6.38. The highest BCUT2D eigenvalue weighted by Crippen LogP contribution is 2.26. The Bertz CT molecular complexity index is 653. The van der Waals surface area contributed by atoms with Crippen LogP contribution >= 0.6 is 11.3 Å². The Morgan fingerprint density at radius 2 is 2.25 bits per heavy atom. The van der Waals surface area contributed by atoms with E-state index in [1.807, 2.05) is 11.4 Å². The fourth-order valence-corrected chi connectivity index (χ4v) is 3.29. The number of rotatable bonds is 2. The van der Waals surface area contributed by atoms with Crippen LogP contribution in [-0.4, -0.2) is 24.5 Å². The summed E-state index contributed by atoms with van der Waals surface area (Å²) in [7, 11) is 1.41. The molecule has 2 aromatic rings. The van der Waals surface area contributed by atoms with Crippen molar-refractivity contribution in [3.05, 3.63) is 51.5 Å². The van der Waals surface area contributed by atoms with Crippen LogP contribution in [0.5, 0.6) is 5.75 Å². The average molecular weight is 291 g/mol. The number of halogens is 1. The van der Waals surface area contributed by atoms with Crippen molar-refractivity contribution < 1.29 is 13.9 Å². The number of ether oxygens (including phenoxy) is 1. The quantitative estimate of drug-likeness (QED) is 0.851. The molecule has 0 aliphatic carbocycles. The largest absolute Gasteiger partial charge is 0.494 e. The smallest absolute Gasteiger partial charge is 0.254 e. The maximum absolute atomic E-state index is 13.7. The van der Waals surface area contributed by atoms with Crippen LogP contribution in [-0.2, 0) is 13.0 Å². The van der Waals surface area contributed by atoms with E-state index in [2.05, 4.69) is 0 Å². The van der Waals surface area contributed by atoms with Crippen molar-refractivity contribution in [1.82, 2.24) is 4.90 Å². The lowest BCUT2D eigenvalue weighted by Crippen LogP contribution is -2.35. The normalized spacial score (nSPS) is 14.0. The molecule has 0 atom stereocenters. The van der Waals surface area contributed by atoms with Gasteiger partial charge in [-0.25, -0.2) is 4.39 Å². The van der Waals surface area contributed by atoms with Crippen molar-refractivity contribution in [2.45, 2.75) is 13.0 Å². The van der Waals surface area contributed by atoms with Crippen molar-refractivity contribution in [3.8, 4) is 5.75 Å². The Labute approximate surface area is 120 Å². The first-order valence-electron chi connectivity index (χ1n) is 6.37. The first-order chi connectivity index (χ1) is 9.69. The molecular weight excluding hydrogens is 277 g/mol. The number of thiophene rings is 1. The molecule has 3 nitrogen and oxygen atoms in total.